The van der Waals surface area contributed by atoms with Crippen molar-refractivity contribution < 1.29 is 14.3 Å². The van der Waals surface area contributed by atoms with Crippen LogP contribution in [0.15, 0.2) is 4.99 Å². The molecule has 1 amide bonds. The van der Waals surface area contributed by atoms with Gasteiger partial charge in [0.1, 0.15) is 5.60 Å². The summed E-state index contributed by atoms with van der Waals surface area (Å²) < 4.78 is 10.6. The van der Waals surface area contributed by atoms with Gasteiger partial charge < -0.3 is 29.9 Å². The number of aliphatic imine (C=N–C) groups is 1. The molecule has 1 saturated heterocycles. The lowest BCUT2D eigenvalue weighted by molar-refractivity contribution is 0.0162. The lowest BCUT2D eigenvalue weighted by atomic mass is 9.95. The zero-order valence-electron chi connectivity index (χ0n) is 19.4. The molecule has 0 aromatic rings. The molecule has 0 spiro atoms. The van der Waals surface area contributed by atoms with Crippen LogP contribution in [0.2, 0.25) is 0 Å². The highest BCUT2D eigenvalue weighted by molar-refractivity contribution is 5.79. The molecule has 8 nitrogen and oxygen atoms in total. The summed E-state index contributed by atoms with van der Waals surface area (Å²) in [6.07, 6.45) is 4.05. The number of carbonyl (C=O) groups excluding carboxylic acids is 1. The minimum absolute atomic E-state index is 0.192. The van der Waals surface area contributed by atoms with E-state index in [2.05, 4.69) is 27.6 Å². The Labute approximate surface area is 177 Å². The van der Waals surface area contributed by atoms with Crippen LogP contribution < -0.4 is 10.6 Å². The number of likely N-dealkylation sites (tertiary alicyclic amines) is 1. The fourth-order valence-electron chi connectivity index (χ4n) is 3.36. The number of carbonyl (C=O) groups is 1. The van der Waals surface area contributed by atoms with E-state index in [4.69, 9.17) is 9.47 Å². The van der Waals surface area contributed by atoms with Crippen LogP contribution in [0.1, 0.15) is 46.5 Å². The molecule has 0 aromatic carbocycles. The van der Waals surface area contributed by atoms with E-state index >= 15 is 0 Å². The second-order valence-corrected chi connectivity index (χ2v) is 8.80. The van der Waals surface area contributed by atoms with Crippen LogP contribution >= 0.6 is 0 Å². The number of rotatable bonds is 10. The smallest absolute Gasteiger partial charge is 0.410 e. The molecule has 0 aromatic heterocycles. The number of methoxy groups -OCH3 is 1. The molecule has 0 aliphatic carbocycles. The fraction of sp³-hybridized carbons (Fsp3) is 0.905. The Balaban J connectivity index is 2.24. The summed E-state index contributed by atoms with van der Waals surface area (Å²) in [5, 5.41) is 6.75. The zero-order valence-corrected chi connectivity index (χ0v) is 19.4. The average Bonchev–Trinajstić information content (AvgIpc) is 2.66. The minimum atomic E-state index is -0.443. The second-order valence-electron chi connectivity index (χ2n) is 8.80. The predicted octanol–water partition coefficient (Wildman–Crippen LogP) is 2.16. The highest BCUT2D eigenvalue weighted by Crippen LogP contribution is 2.21. The normalized spacial score (nSPS) is 18.1. The summed E-state index contributed by atoms with van der Waals surface area (Å²) in [6.45, 7) is 11.8. The highest BCUT2D eigenvalue weighted by atomic mass is 16.6. The van der Waals surface area contributed by atoms with Gasteiger partial charge in [0, 0.05) is 60.0 Å². The molecule has 0 saturated carbocycles. The first-order chi connectivity index (χ1) is 13.7. The molecule has 1 unspecified atom stereocenters. The van der Waals surface area contributed by atoms with Gasteiger partial charge in [0.15, 0.2) is 5.96 Å². The summed E-state index contributed by atoms with van der Waals surface area (Å²) in [5.41, 5.74) is -0.443. The van der Waals surface area contributed by atoms with E-state index in [-0.39, 0.29) is 6.09 Å². The number of guanidine groups is 1. The Bertz CT molecular complexity index is 493. The van der Waals surface area contributed by atoms with Crippen molar-refractivity contribution in [3.05, 3.63) is 0 Å². The molecule has 0 radical (unpaired) electrons. The van der Waals surface area contributed by atoms with E-state index in [1.54, 1.807) is 14.2 Å². The molecule has 1 atom stereocenters. The van der Waals surface area contributed by atoms with Crippen LogP contribution in [-0.2, 0) is 9.47 Å². The third kappa shape index (κ3) is 11.9. The maximum Gasteiger partial charge on any atom is 0.410 e. The summed E-state index contributed by atoms with van der Waals surface area (Å²) in [4.78, 5) is 20.7. The predicted molar refractivity (Wildman–Crippen MR) is 119 cm³/mol. The zero-order chi connectivity index (χ0) is 21.7. The number of hydrogen-bond donors (Lipinski definition) is 2. The quantitative estimate of drug-likeness (QED) is 0.325. The largest absolute Gasteiger partial charge is 0.444 e. The van der Waals surface area contributed by atoms with E-state index < -0.39 is 5.60 Å². The third-order valence-electron chi connectivity index (χ3n) is 4.91. The van der Waals surface area contributed by atoms with E-state index in [0.717, 1.165) is 77.5 Å². The Kier molecular flexibility index (Phi) is 12.0. The molecule has 170 valence electrons. The van der Waals surface area contributed by atoms with Crippen LogP contribution in [0.5, 0.6) is 0 Å². The van der Waals surface area contributed by atoms with E-state index in [9.17, 15) is 4.79 Å². The summed E-state index contributed by atoms with van der Waals surface area (Å²) in [6, 6.07) is 0. The summed E-state index contributed by atoms with van der Waals surface area (Å²) in [5.74, 6) is 1.32. The molecule has 1 rings (SSSR count). The van der Waals surface area contributed by atoms with Gasteiger partial charge in [-0.2, -0.15) is 0 Å². The molecule has 1 aliphatic rings. The Morgan fingerprint density at radius 3 is 2.62 bits per heavy atom. The van der Waals surface area contributed by atoms with Gasteiger partial charge >= 0.3 is 6.09 Å². The first kappa shape index (κ1) is 25.5. The SMILES string of the molecule is CN=C(NCCC1CCCN(C(=O)OC(C)(C)C)C1)NCCN(C)CCCOC. The second kappa shape index (κ2) is 13.6. The summed E-state index contributed by atoms with van der Waals surface area (Å²) >= 11 is 0. The van der Waals surface area contributed by atoms with Crippen LogP contribution in [-0.4, -0.2) is 94.5 Å². The number of amides is 1. The maximum atomic E-state index is 12.3. The topological polar surface area (TPSA) is 78.4 Å². The van der Waals surface area contributed by atoms with E-state index in [1.807, 2.05) is 25.7 Å². The lowest BCUT2D eigenvalue weighted by Crippen LogP contribution is -2.44. The molecular weight excluding hydrogens is 370 g/mol. The Morgan fingerprint density at radius 1 is 1.24 bits per heavy atom. The van der Waals surface area contributed by atoms with Gasteiger partial charge in [-0.05, 0) is 59.4 Å². The van der Waals surface area contributed by atoms with Crippen LogP contribution in [0, 0.1) is 5.92 Å². The standard InChI is InChI=1S/C21H43N5O3/c1-21(2,3)29-20(27)26-14-7-9-18(17-26)10-11-23-19(22-4)24-12-15-25(5)13-8-16-28-6/h18H,7-17H2,1-6H3,(H2,22,23,24). The minimum Gasteiger partial charge on any atom is -0.444 e. The maximum absolute atomic E-state index is 12.3. The molecule has 29 heavy (non-hydrogen) atoms. The van der Waals surface area contributed by atoms with Crippen molar-refractivity contribution in [1.82, 2.24) is 20.4 Å². The van der Waals surface area contributed by atoms with Crippen molar-refractivity contribution in [1.29, 1.82) is 0 Å². The van der Waals surface area contributed by atoms with Crippen LogP contribution in [0.25, 0.3) is 0 Å². The molecule has 1 aliphatic heterocycles. The lowest BCUT2D eigenvalue weighted by Gasteiger charge is -2.34. The van der Waals surface area contributed by atoms with Crippen LogP contribution in [0.3, 0.4) is 0 Å². The van der Waals surface area contributed by atoms with Gasteiger partial charge in [0.05, 0.1) is 0 Å². The van der Waals surface area contributed by atoms with Crippen molar-refractivity contribution in [2.45, 2.75) is 52.1 Å². The first-order valence-corrected chi connectivity index (χ1v) is 10.8. The molecule has 2 N–H and O–H groups in total. The summed E-state index contributed by atoms with van der Waals surface area (Å²) in [7, 11) is 5.65. The Hall–Kier alpha value is -1.54. The van der Waals surface area contributed by atoms with Gasteiger partial charge in [-0.3, -0.25) is 4.99 Å². The molecule has 1 heterocycles. The number of nitrogens with one attached hydrogen (secondary N) is 2. The van der Waals surface area contributed by atoms with Crippen molar-refractivity contribution in [3.63, 3.8) is 0 Å². The van der Waals surface area contributed by atoms with Crippen LogP contribution in [0.4, 0.5) is 4.79 Å². The van der Waals surface area contributed by atoms with Gasteiger partial charge in [0.2, 0.25) is 0 Å². The van der Waals surface area contributed by atoms with Crippen molar-refractivity contribution in [3.8, 4) is 0 Å². The number of ether oxygens (including phenoxy) is 2. The highest BCUT2D eigenvalue weighted by Gasteiger charge is 2.27. The fourth-order valence-corrected chi connectivity index (χ4v) is 3.36. The molecule has 0 bridgehead atoms. The number of piperidine rings is 1. The first-order valence-electron chi connectivity index (χ1n) is 10.8. The number of hydrogen-bond acceptors (Lipinski definition) is 5. The monoisotopic (exact) mass is 413 g/mol. The van der Waals surface area contributed by atoms with Crippen molar-refractivity contribution >= 4 is 12.1 Å². The van der Waals surface area contributed by atoms with Gasteiger partial charge in [0.25, 0.3) is 0 Å². The molecule has 1 fully saturated rings. The molecular formula is C21H43N5O3. The van der Waals surface area contributed by atoms with Gasteiger partial charge in [-0.25, -0.2) is 4.79 Å². The third-order valence-corrected chi connectivity index (χ3v) is 4.91. The Morgan fingerprint density at radius 2 is 1.97 bits per heavy atom. The van der Waals surface area contributed by atoms with Crippen molar-refractivity contribution in [2.75, 3.05) is 67.1 Å². The van der Waals surface area contributed by atoms with Gasteiger partial charge in [-0.1, -0.05) is 0 Å². The number of likely N-dealkylation sites (N-methyl/N-ethyl adjacent to an activating group) is 1. The molecule has 8 heteroatoms. The van der Waals surface area contributed by atoms with E-state index in [1.165, 1.54) is 0 Å². The number of nitrogens with zero attached hydrogens (tertiary/aromatic N) is 3. The van der Waals surface area contributed by atoms with Crippen molar-refractivity contribution in [2.24, 2.45) is 10.9 Å². The average molecular weight is 414 g/mol. The van der Waals surface area contributed by atoms with Gasteiger partial charge in [-0.15, -0.1) is 0 Å². The van der Waals surface area contributed by atoms with E-state index in [0.29, 0.717) is 5.92 Å².